The number of carbonyl (C=O) groups excluding carboxylic acids is 1. The van der Waals surface area contributed by atoms with E-state index in [1.807, 2.05) is 6.92 Å². The number of carboxylic acid groups (broad SMARTS) is 1. The van der Waals surface area contributed by atoms with E-state index in [1.54, 1.807) is 11.4 Å². The molecule has 1 atom stereocenters. The first-order valence-electron chi connectivity index (χ1n) is 6.63. The Bertz CT molecular complexity index is 456. The molecule has 0 saturated heterocycles. The SMILES string of the molecule is CC(C)CCC(C)NC(=O)COc1ccsc1C(=O)O. The van der Waals surface area contributed by atoms with Gasteiger partial charge in [-0.3, -0.25) is 4.79 Å². The van der Waals surface area contributed by atoms with Gasteiger partial charge in [0.2, 0.25) is 0 Å². The average molecular weight is 299 g/mol. The topological polar surface area (TPSA) is 75.6 Å². The molecular formula is C14H21NO4S. The minimum absolute atomic E-state index is 0.0925. The van der Waals surface area contributed by atoms with Crippen LogP contribution in [-0.2, 0) is 4.79 Å². The van der Waals surface area contributed by atoms with Crippen LogP contribution in [0.5, 0.6) is 5.75 Å². The molecule has 0 saturated carbocycles. The molecule has 0 aliphatic heterocycles. The second-order valence-corrected chi connectivity index (χ2v) is 6.06. The van der Waals surface area contributed by atoms with Gasteiger partial charge >= 0.3 is 5.97 Å². The zero-order valence-corrected chi connectivity index (χ0v) is 12.8. The third kappa shape index (κ3) is 5.61. The predicted molar refractivity (Wildman–Crippen MR) is 78.5 cm³/mol. The maximum absolute atomic E-state index is 11.7. The van der Waals surface area contributed by atoms with E-state index in [0.717, 1.165) is 24.2 Å². The lowest BCUT2D eigenvalue weighted by atomic mass is 10.0. The van der Waals surface area contributed by atoms with Gasteiger partial charge in [-0.1, -0.05) is 13.8 Å². The van der Waals surface area contributed by atoms with Gasteiger partial charge in [-0.25, -0.2) is 4.79 Å². The second-order valence-electron chi connectivity index (χ2n) is 5.15. The van der Waals surface area contributed by atoms with Gasteiger partial charge in [0.25, 0.3) is 5.91 Å². The molecule has 1 amide bonds. The smallest absolute Gasteiger partial charge is 0.349 e. The van der Waals surface area contributed by atoms with Crippen molar-refractivity contribution in [2.75, 3.05) is 6.61 Å². The molecule has 112 valence electrons. The van der Waals surface area contributed by atoms with Gasteiger partial charge in [0.15, 0.2) is 11.5 Å². The van der Waals surface area contributed by atoms with Gasteiger partial charge < -0.3 is 15.2 Å². The first kappa shape index (κ1) is 16.5. The van der Waals surface area contributed by atoms with E-state index in [9.17, 15) is 9.59 Å². The molecule has 20 heavy (non-hydrogen) atoms. The van der Waals surface area contributed by atoms with Crippen LogP contribution in [0.4, 0.5) is 0 Å². The molecule has 1 aromatic heterocycles. The average Bonchev–Trinajstić information content (AvgIpc) is 2.82. The van der Waals surface area contributed by atoms with Gasteiger partial charge in [-0.15, -0.1) is 11.3 Å². The number of thiophene rings is 1. The maximum Gasteiger partial charge on any atom is 0.349 e. The van der Waals surface area contributed by atoms with E-state index in [-0.39, 0.29) is 29.2 Å². The van der Waals surface area contributed by atoms with Crippen LogP contribution in [0.25, 0.3) is 0 Å². The monoisotopic (exact) mass is 299 g/mol. The second kappa shape index (κ2) is 7.89. The summed E-state index contributed by atoms with van der Waals surface area (Å²) in [6.07, 6.45) is 1.97. The van der Waals surface area contributed by atoms with Crippen molar-refractivity contribution in [2.24, 2.45) is 5.92 Å². The normalized spacial score (nSPS) is 12.2. The molecule has 0 bridgehead atoms. The molecule has 0 aliphatic rings. The number of ether oxygens (including phenoxy) is 1. The van der Waals surface area contributed by atoms with Crippen LogP contribution in [0.3, 0.4) is 0 Å². The lowest BCUT2D eigenvalue weighted by molar-refractivity contribution is -0.123. The van der Waals surface area contributed by atoms with Crippen LogP contribution in [0, 0.1) is 5.92 Å². The van der Waals surface area contributed by atoms with Gasteiger partial charge in [0.05, 0.1) is 0 Å². The number of carboxylic acids is 1. The summed E-state index contributed by atoms with van der Waals surface area (Å²) in [6, 6.07) is 1.65. The minimum Gasteiger partial charge on any atom is -0.482 e. The number of aromatic carboxylic acids is 1. The fourth-order valence-electron chi connectivity index (χ4n) is 1.68. The highest BCUT2D eigenvalue weighted by atomic mass is 32.1. The predicted octanol–water partition coefficient (Wildman–Crippen LogP) is 2.77. The number of nitrogens with one attached hydrogen (secondary N) is 1. The van der Waals surface area contributed by atoms with Crippen LogP contribution in [0.1, 0.15) is 43.3 Å². The van der Waals surface area contributed by atoms with Gasteiger partial charge in [0.1, 0.15) is 5.75 Å². The van der Waals surface area contributed by atoms with Gasteiger partial charge in [0, 0.05) is 6.04 Å². The van der Waals surface area contributed by atoms with Gasteiger partial charge in [-0.2, -0.15) is 0 Å². The van der Waals surface area contributed by atoms with Gasteiger partial charge in [-0.05, 0) is 37.1 Å². The Morgan fingerprint density at radius 2 is 2.05 bits per heavy atom. The van der Waals surface area contributed by atoms with Crippen LogP contribution < -0.4 is 10.1 Å². The van der Waals surface area contributed by atoms with Crippen LogP contribution >= 0.6 is 11.3 Å². The van der Waals surface area contributed by atoms with E-state index in [2.05, 4.69) is 19.2 Å². The van der Waals surface area contributed by atoms with E-state index in [0.29, 0.717) is 5.92 Å². The summed E-state index contributed by atoms with van der Waals surface area (Å²) in [4.78, 5) is 22.7. The zero-order chi connectivity index (χ0) is 15.1. The molecule has 6 heteroatoms. The molecule has 5 nitrogen and oxygen atoms in total. The highest BCUT2D eigenvalue weighted by Crippen LogP contribution is 2.24. The Kier molecular flexibility index (Phi) is 6.51. The summed E-state index contributed by atoms with van der Waals surface area (Å²) in [5.41, 5.74) is 0. The Balaban J connectivity index is 2.36. The molecular weight excluding hydrogens is 278 g/mol. The highest BCUT2D eigenvalue weighted by Gasteiger charge is 2.15. The summed E-state index contributed by atoms with van der Waals surface area (Å²) in [5.74, 6) is -0.425. The lowest BCUT2D eigenvalue weighted by Crippen LogP contribution is -2.36. The van der Waals surface area contributed by atoms with Crippen molar-refractivity contribution in [1.82, 2.24) is 5.32 Å². The van der Waals surface area contributed by atoms with Crippen molar-refractivity contribution < 1.29 is 19.4 Å². The Hall–Kier alpha value is -1.56. The fourth-order valence-corrected chi connectivity index (χ4v) is 2.35. The van der Waals surface area contributed by atoms with E-state index < -0.39 is 5.97 Å². The van der Waals surface area contributed by atoms with Crippen molar-refractivity contribution in [3.8, 4) is 5.75 Å². The van der Waals surface area contributed by atoms with Crippen molar-refractivity contribution in [1.29, 1.82) is 0 Å². The fraction of sp³-hybridized carbons (Fsp3) is 0.571. The van der Waals surface area contributed by atoms with Crippen LogP contribution in [0.15, 0.2) is 11.4 Å². The first-order valence-corrected chi connectivity index (χ1v) is 7.51. The summed E-state index contributed by atoms with van der Waals surface area (Å²) in [5, 5.41) is 13.4. The van der Waals surface area contributed by atoms with Crippen LogP contribution in [-0.4, -0.2) is 29.6 Å². The zero-order valence-electron chi connectivity index (χ0n) is 12.0. The molecule has 0 spiro atoms. The summed E-state index contributed by atoms with van der Waals surface area (Å²) < 4.78 is 5.24. The summed E-state index contributed by atoms with van der Waals surface area (Å²) >= 11 is 1.08. The first-order chi connectivity index (χ1) is 9.40. The number of carbonyl (C=O) groups is 2. The lowest BCUT2D eigenvalue weighted by Gasteiger charge is -2.15. The number of amides is 1. The third-order valence-corrected chi connectivity index (χ3v) is 3.65. The Labute approximate surface area is 123 Å². The third-order valence-electron chi connectivity index (χ3n) is 2.77. The molecule has 0 fully saturated rings. The quantitative estimate of drug-likeness (QED) is 0.774. The summed E-state index contributed by atoms with van der Waals surface area (Å²) in [7, 11) is 0. The van der Waals surface area contributed by atoms with E-state index in [4.69, 9.17) is 9.84 Å². The molecule has 0 aliphatic carbocycles. The molecule has 0 radical (unpaired) electrons. The number of hydrogen-bond donors (Lipinski definition) is 2. The molecule has 1 aromatic rings. The van der Waals surface area contributed by atoms with E-state index >= 15 is 0 Å². The maximum atomic E-state index is 11.7. The van der Waals surface area contributed by atoms with Crippen LogP contribution in [0.2, 0.25) is 0 Å². The molecule has 1 heterocycles. The van der Waals surface area contributed by atoms with E-state index in [1.165, 1.54) is 0 Å². The molecule has 2 N–H and O–H groups in total. The largest absolute Gasteiger partial charge is 0.482 e. The molecule has 1 rings (SSSR count). The van der Waals surface area contributed by atoms with Crippen molar-refractivity contribution >= 4 is 23.2 Å². The molecule has 1 unspecified atom stereocenters. The van der Waals surface area contributed by atoms with Crippen molar-refractivity contribution in [3.05, 3.63) is 16.3 Å². The standard InChI is InChI=1S/C14H21NO4S/c1-9(2)4-5-10(3)15-12(16)8-19-11-6-7-20-13(11)14(17)18/h6-7,9-10H,4-5,8H2,1-3H3,(H,15,16)(H,17,18). The summed E-state index contributed by atoms with van der Waals surface area (Å²) in [6.45, 7) is 6.07. The Morgan fingerprint density at radius 3 is 2.65 bits per heavy atom. The number of rotatable bonds is 8. The highest BCUT2D eigenvalue weighted by molar-refractivity contribution is 7.12. The van der Waals surface area contributed by atoms with Crippen molar-refractivity contribution in [3.63, 3.8) is 0 Å². The molecule has 0 aromatic carbocycles. The number of hydrogen-bond acceptors (Lipinski definition) is 4. The minimum atomic E-state index is -1.04. The van der Waals surface area contributed by atoms with Crippen molar-refractivity contribution in [2.45, 2.75) is 39.7 Å². The Morgan fingerprint density at radius 1 is 1.35 bits per heavy atom.